The van der Waals surface area contributed by atoms with Crippen LogP contribution in [0.15, 0.2) is 42.5 Å². The largest absolute Gasteiger partial charge is 0.481 e. The molecule has 0 aromatic heterocycles. The van der Waals surface area contributed by atoms with Crippen LogP contribution in [0.25, 0.3) is 10.8 Å². The van der Waals surface area contributed by atoms with Crippen molar-refractivity contribution in [2.45, 2.75) is 25.8 Å². The predicted molar refractivity (Wildman–Crippen MR) is 90.5 cm³/mol. The molecule has 0 saturated heterocycles. The maximum absolute atomic E-state index is 12.0. The molecule has 0 spiro atoms. The van der Waals surface area contributed by atoms with Gasteiger partial charge in [-0.25, -0.2) is 0 Å². The molecule has 0 saturated carbocycles. The van der Waals surface area contributed by atoms with Crippen LogP contribution in [0, 0.1) is 0 Å². The van der Waals surface area contributed by atoms with E-state index < -0.39 is 17.9 Å². The molecule has 6 nitrogen and oxygen atoms in total. The average Bonchev–Trinajstić information content (AvgIpc) is 2.52. The summed E-state index contributed by atoms with van der Waals surface area (Å²) in [4.78, 5) is 34.3. The molecule has 0 aliphatic heterocycles. The number of rotatable bonds is 7. The Hall–Kier alpha value is -2.89. The van der Waals surface area contributed by atoms with Gasteiger partial charge < -0.3 is 15.7 Å². The van der Waals surface area contributed by atoms with E-state index in [0.717, 1.165) is 16.3 Å². The average molecular weight is 328 g/mol. The van der Waals surface area contributed by atoms with Crippen molar-refractivity contribution in [2.24, 2.45) is 0 Å². The van der Waals surface area contributed by atoms with E-state index in [1.54, 1.807) is 6.92 Å². The molecule has 2 amide bonds. The van der Waals surface area contributed by atoms with E-state index in [4.69, 9.17) is 5.11 Å². The van der Waals surface area contributed by atoms with Gasteiger partial charge in [-0.2, -0.15) is 0 Å². The standard InChI is InChI=1S/C18H20N2O4/c1-12(9-18(23)24)20-17(22)11-19-16(21)10-14-7-4-6-13-5-2-3-8-15(13)14/h2-8,12H,9-11H2,1H3,(H,19,21)(H,20,22)(H,23,24)/t12-/m1/s1. The van der Waals surface area contributed by atoms with Gasteiger partial charge in [-0.1, -0.05) is 42.5 Å². The van der Waals surface area contributed by atoms with Gasteiger partial charge in [-0.15, -0.1) is 0 Å². The third kappa shape index (κ3) is 5.08. The monoisotopic (exact) mass is 328 g/mol. The molecule has 0 unspecified atom stereocenters. The lowest BCUT2D eigenvalue weighted by atomic mass is 10.0. The summed E-state index contributed by atoms with van der Waals surface area (Å²) in [6.45, 7) is 1.43. The van der Waals surface area contributed by atoms with E-state index in [9.17, 15) is 14.4 Å². The second kappa shape index (κ2) is 8.10. The van der Waals surface area contributed by atoms with Crippen LogP contribution in [0.2, 0.25) is 0 Å². The highest BCUT2D eigenvalue weighted by Crippen LogP contribution is 2.18. The molecule has 0 aliphatic rings. The predicted octanol–water partition coefficient (Wildman–Crippen LogP) is 1.48. The third-order valence-corrected chi connectivity index (χ3v) is 3.57. The fourth-order valence-corrected chi connectivity index (χ4v) is 2.50. The summed E-state index contributed by atoms with van der Waals surface area (Å²) in [6, 6.07) is 13.1. The lowest BCUT2D eigenvalue weighted by molar-refractivity contribution is -0.137. The second-order valence-electron chi connectivity index (χ2n) is 5.66. The molecule has 0 bridgehead atoms. The van der Waals surface area contributed by atoms with Gasteiger partial charge in [0.2, 0.25) is 11.8 Å². The van der Waals surface area contributed by atoms with Crippen molar-refractivity contribution in [3.8, 4) is 0 Å². The van der Waals surface area contributed by atoms with E-state index in [1.165, 1.54) is 0 Å². The van der Waals surface area contributed by atoms with Crippen molar-refractivity contribution in [1.82, 2.24) is 10.6 Å². The topological polar surface area (TPSA) is 95.5 Å². The lowest BCUT2D eigenvalue weighted by Gasteiger charge is -2.12. The molecule has 0 aliphatic carbocycles. The maximum Gasteiger partial charge on any atom is 0.305 e. The van der Waals surface area contributed by atoms with Crippen LogP contribution in [-0.2, 0) is 20.8 Å². The zero-order valence-electron chi connectivity index (χ0n) is 13.4. The zero-order valence-corrected chi connectivity index (χ0v) is 13.4. The van der Waals surface area contributed by atoms with Gasteiger partial charge in [-0.05, 0) is 23.3 Å². The first kappa shape index (κ1) is 17.5. The molecule has 0 heterocycles. The smallest absolute Gasteiger partial charge is 0.305 e. The highest BCUT2D eigenvalue weighted by molar-refractivity contribution is 5.91. The Morgan fingerprint density at radius 2 is 1.75 bits per heavy atom. The molecular weight excluding hydrogens is 308 g/mol. The highest BCUT2D eigenvalue weighted by Gasteiger charge is 2.12. The van der Waals surface area contributed by atoms with Crippen LogP contribution in [0.5, 0.6) is 0 Å². The van der Waals surface area contributed by atoms with E-state index in [0.29, 0.717) is 0 Å². The summed E-state index contributed by atoms with van der Waals surface area (Å²) in [5.41, 5.74) is 0.894. The molecular formula is C18H20N2O4. The molecule has 0 radical (unpaired) electrons. The summed E-state index contributed by atoms with van der Waals surface area (Å²) in [7, 11) is 0. The minimum atomic E-state index is -0.984. The molecule has 126 valence electrons. The number of hydrogen-bond acceptors (Lipinski definition) is 3. The fraction of sp³-hybridized carbons (Fsp3) is 0.278. The number of carbonyl (C=O) groups excluding carboxylic acids is 2. The van der Waals surface area contributed by atoms with Gasteiger partial charge in [0.15, 0.2) is 0 Å². The summed E-state index contributed by atoms with van der Waals surface area (Å²) in [6.07, 6.45) is 0.0228. The Labute approximate surface area is 139 Å². The minimum absolute atomic E-state index is 0.157. The molecule has 2 aromatic carbocycles. The van der Waals surface area contributed by atoms with Gasteiger partial charge in [0.1, 0.15) is 0 Å². The minimum Gasteiger partial charge on any atom is -0.481 e. The van der Waals surface area contributed by atoms with Gasteiger partial charge in [0.05, 0.1) is 19.4 Å². The molecule has 1 atom stereocenters. The molecule has 2 rings (SSSR count). The Morgan fingerprint density at radius 3 is 2.50 bits per heavy atom. The van der Waals surface area contributed by atoms with Crippen LogP contribution in [0.1, 0.15) is 18.9 Å². The lowest BCUT2D eigenvalue weighted by Crippen LogP contribution is -2.41. The number of fused-ring (bicyclic) bond motifs is 1. The van der Waals surface area contributed by atoms with Crippen LogP contribution >= 0.6 is 0 Å². The van der Waals surface area contributed by atoms with Crippen molar-refractivity contribution in [3.63, 3.8) is 0 Å². The van der Waals surface area contributed by atoms with Crippen LogP contribution in [-0.4, -0.2) is 35.5 Å². The number of aliphatic carboxylic acids is 1. The van der Waals surface area contributed by atoms with E-state index in [2.05, 4.69) is 10.6 Å². The SMILES string of the molecule is C[C@H](CC(=O)O)NC(=O)CNC(=O)Cc1cccc2ccccc12. The first-order valence-electron chi connectivity index (χ1n) is 7.70. The number of nitrogens with one attached hydrogen (secondary N) is 2. The molecule has 3 N–H and O–H groups in total. The number of carbonyl (C=O) groups is 3. The summed E-state index contributed by atoms with van der Waals surface area (Å²) in [5.74, 6) is -1.65. The van der Waals surface area contributed by atoms with Crippen molar-refractivity contribution >= 4 is 28.6 Å². The normalized spacial score (nSPS) is 11.7. The van der Waals surface area contributed by atoms with E-state index in [-0.39, 0.29) is 25.3 Å². The van der Waals surface area contributed by atoms with Crippen molar-refractivity contribution in [1.29, 1.82) is 0 Å². The Bertz CT molecular complexity index is 752. The van der Waals surface area contributed by atoms with Crippen molar-refractivity contribution in [2.75, 3.05) is 6.54 Å². The second-order valence-corrected chi connectivity index (χ2v) is 5.66. The first-order valence-corrected chi connectivity index (χ1v) is 7.70. The number of carboxylic acids is 1. The summed E-state index contributed by atoms with van der Waals surface area (Å²) >= 11 is 0. The fourth-order valence-electron chi connectivity index (χ4n) is 2.50. The molecule has 24 heavy (non-hydrogen) atoms. The third-order valence-electron chi connectivity index (χ3n) is 3.57. The molecule has 0 fully saturated rings. The molecule has 2 aromatic rings. The van der Waals surface area contributed by atoms with E-state index in [1.807, 2.05) is 42.5 Å². The number of amides is 2. The van der Waals surface area contributed by atoms with Gasteiger partial charge in [0, 0.05) is 6.04 Å². The Kier molecular flexibility index (Phi) is 5.89. The summed E-state index contributed by atoms with van der Waals surface area (Å²) in [5, 5.41) is 15.8. The van der Waals surface area contributed by atoms with Crippen molar-refractivity contribution in [3.05, 3.63) is 48.0 Å². The Balaban J connectivity index is 1.87. The number of hydrogen-bond donors (Lipinski definition) is 3. The van der Waals surface area contributed by atoms with Crippen molar-refractivity contribution < 1.29 is 19.5 Å². The molecule has 6 heteroatoms. The van der Waals surface area contributed by atoms with Gasteiger partial charge in [-0.3, -0.25) is 14.4 Å². The maximum atomic E-state index is 12.0. The Morgan fingerprint density at radius 1 is 1.04 bits per heavy atom. The van der Waals surface area contributed by atoms with Gasteiger partial charge >= 0.3 is 5.97 Å². The van der Waals surface area contributed by atoms with Crippen LogP contribution < -0.4 is 10.6 Å². The van der Waals surface area contributed by atoms with E-state index >= 15 is 0 Å². The first-order chi connectivity index (χ1) is 11.5. The highest BCUT2D eigenvalue weighted by atomic mass is 16.4. The van der Waals surface area contributed by atoms with Gasteiger partial charge in [0.25, 0.3) is 0 Å². The zero-order chi connectivity index (χ0) is 17.5. The number of benzene rings is 2. The summed E-state index contributed by atoms with van der Waals surface area (Å²) < 4.78 is 0. The quantitative estimate of drug-likeness (QED) is 0.717. The number of carboxylic acid groups (broad SMARTS) is 1. The van der Waals surface area contributed by atoms with Crippen LogP contribution in [0.3, 0.4) is 0 Å². The van der Waals surface area contributed by atoms with Crippen LogP contribution in [0.4, 0.5) is 0 Å².